The first kappa shape index (κ1) is 16.1. The molecule has 0 aliphatic heterocycles. The number of benzene rings is 2. The molecule has 0 aliphatic rings. The molecule has 3 aromatic rings. The monoisotopic (exact) mass is 318 g/mol. The van der Waals surface area contributed by atoms with Gasteiger partial charge in [-0.2, -0.15) is 0 Å². The Labute approximate surface area is 142 Å². The van der Waals surface area contributed by atoms with Crippen molar-refractivity contribution < 1.29 is 0 Å². The SMILES string of the molecule is CN(C)c1ccc(C=c2c(=O)c2=Cc2ccc(N(C)C)cc2)cc1. The maximum atomic E-state index is 12.0. The van der Waals surface area contributed by atoms with Crippen LogP contribution in [-0.2, 0) is 0 Å². The number of rotatable bonds is 4. The Kier molecular flexibility index (Phi) is 4.26. The van der Waals surface area contributed by atoms with Gasteiger partial charge in [-0.25, -0.2) is 0 Å². The predicted molar refractivity (Wildman–Crippen MR) is 103 cm³/mol. The van der Waals surface area contributed by atoms with Gasteiger partial charge in [0.05, 0.1) is 0 Å². The summed E-state index contributed by atoms with van der Waals surface area (Å²) >= 11 is 0. The standard InChI is InChI=1S/C21H22N2O/c1-22(2)17-9-5-15(6-10-17)13-19-20(21(19)24)14-16-7-11-18(12-8-16)23(3)4/h5-14H,1-4H3. The summed E-state index contributed by atoms with van der Waals surface area (Å²) in [7, 11) is 8.06. The quantitative estimate of drug-likeness (QED) is 0.732. The number of nitrogens with zero attached hydrogens (tertiary/aromatic N) is 2. The fourth-order valence-corrected chi connectivity index (χ4v) is 2.56. The van der Waals surface area contributed by atoms with E-state index >= 15 is 0 Å². The Morgan fingerprint density at radius 2 is 0.958 bits per heavy atom. The first-order valence-electron chi connectivity index (χ1n) is 7.99. The summed E-state index contributed by atoms with van der Waals surface area (Å²) in [6.45, 7) is 0. The summed E-state index contributed by atoms with van der Waals surface area (Å²) in [6, 6.07) is 16.4. The molecule has 3 nitrogen and oxygen atoms in total. The molecule has 3 aromatic carbocycles. The van der Waals surface area contributed by atoms with E-state index in [-0.39, 0.29) is 5.43 Å². The van der Waals surface area contributed by atoms with Crippen LogP contribution in [0.4, 0.5) is 11.4 Å². The second-order valence-electron chi connectivity index (χ2n) is 6.42. The molecule has 0 aliphatic carbocycles. The van der Waals surface area contributed by atoms with Crippen molar-refractivity contribution in [1.82, 2.24) is 0 Å². The van der Waals surface area contributed by atoms with E-state index in [1.165, 1.54) is 0 Å². The Bertz CT molecular complexity index is 876. The van der Waals surface area contributed by atoms with Crippen LogP contribution >= 0.6 is 0 Å². The third-order valence-corrected chi connectivity index (χ3v) is 4.16. The van der Waals surface area contributed by atoms with Gasteiger partial charge in [-0.1, -0.05) is 24.3 Å². The smallest absolute Gasteiger partial charge is 0.194 e. The molecule has 0 bridgehead atoms. The van der Waals surface area contributed by atoms with E-state index < -0.39 is 0 Å². The van der Waals surface area contributed by atoms with Crippen molar-refractivity contribution in [2.45, 2.75) is 0 Å². The zero-order chi connectivity index (χ0) is 17.3. The summed E-state index contributed by atoms with van der Waals surface area (Å²) in [5, 5.41) is 1.62. The van der Waals surface area contributed by atoms with Crippen molar-refractivity contribution in [2.24, 2.45) is 0 Å². The zero-order valence-electron chi connectivity index (χ0n) is 14.6. The van der Waals surface area contributed by atoms with Crippen LogP contribution in [0, 0.1) is 0 Å². The van der Waals surface area contributed by atoms with Gasteiger partial charge in [-0.15, -0.1) is 0 Å². The predicted octanol–water partition coefficient (Wildman–Crippen LogP) is 1.71. The van der Waals surface area contributed by atoms with Gasteiger partial charge in [0.15, 0.2) is 5.43 Å². The van der Waals surface area contributed by atoms with Crippen molar-refractivity contribution in [2.75, 3.05) is 38.0 Å². The molecule has 0 radical (unpaired) electrons. The van der Waals surface area contributed by atoms with Crippen LogP contribution in [0.25, 0.3) is 12.2 Å². The largest absolute Gasteiger partial charge is 0.378 e. The van der Waals surface area contributed by atoms with Crippen molar-refractivity contribution in [3.8, 4) is 0 Å². The first-order valence-corrected chi connectivity index (χ1v) is 7.99. The fraction of sp³-hybridized carbons (Fsp3) is 0.190. The molecule has 3 heteroatoms. The molecule has 0 unspecified atom stereocenters. The molecule has 0 amide bonds. The summed E-state index contributed by atoms with van der Waals surface area (Å²) in [5.41, 5.74) is 4.54. The Morgan fingerprint density at radius 1 is 0.625 bits per heavy atom. The average molecular weight is 318 g/mol. The molecular weight excluding hydrogens is 296 g/mol. The molecule has 24 heavy (non-hydrogen) atoms. The highest BCUT2D eigenvalue weighted by Crippen LogP contribution is 2.13. The lowest BCUT2D eigenvalue weighted by molar-refractivity contribution is 1.13. The van der Waals surface area contributed by atoms with Gasteiger partial charge in [0.2, 0.25) is 0 Å². The minimum absolute atomic E-state index is 0.142. The molecule has 0 saturated carbocycles. The van der Waals surface area contributed by atoms with Gasteiger partial charge in [0, 0.05) is 50.0 Å². The van der Waals surface area contributed by atoms with Crippen LogP contribution in [0.2, 0.25) is 0 Å². The lowest BCUT2D eigenvalue weighted by atomic mass is 10.2. The number of hydrogen-bond donors (Lipinski definition) is 0. The minimum atomic E-state index is 0.142. The fourth-order valence-electron chi connectivity index (χ4n) is 2.56. The van der Waals surface area contributed by atoms with E-state index in [1.807, 2.05) is 64.6 Å². The lowest BCUT2D eigenvalue weighted by Crippen LogP contribution is -2.08. The van der Waals surface area contributed by atoms with Crippen LogP contribution < -0.4 is 25.7 Å². The third kappa shape index (κ3) is 3.40. The minimum Gasteiger partial charge on any atom is -0.378 e. The van der Waals surface area contributed by atoms with Gasteiger partial charge >= 0.3 is 0 Å². The molecule has 3 rings (SSSR count). The van der Waals surface area contributed by atoms with Crippen molar-refractivity contribution >= 4 is 23.5 Å². The van der Waals surface area contributed by atoms with E-state index in [4.69, 9.17) is 0 Å². The lowest BCUT2D eigenvalue weighted by Gasteiger charge is -2.11. The Hall–Kier alpha value is -2.81. The molecule has 0 N–H and O–H groups in total. The van der Waals surface area contributed by atoms with Crippen LogP contribution in [0.5, 0.6) is 0 Å². The molecule has 0 saturated heterocycles. The van der Waals surface area contributed by atoms with E-state index in [2.05, 4.69) is 34.1 Å². The van der Waals surface area contributed by atoms with E-state index in [1.54, 1.807) is 0 Å². The van der Waals surface area contributed by atoms with Gasteiger partial charge in [0.25, 0.3) is 0 Å². The maximum absolute atomic E-state index is 12.0. The van der Waals surface area contributed by atoms with Crippen molar-refractivity contribution in [3.63, 3.8) is 0 Å². The summed E-state index contributed by atoms with van der Waals surface area (Å²) in [5.74, 6) is 0. The van der Waals surface area contributed by atoms with Crippen molar-refractivity contribution in [3.05, 3.63) is 80.3 Å². The van der Waals surface area contributed by atoms with Gasteiger partial charge in [0.1, 0.15) is 0 Å². The second-order valence-corrected chi connectivity index (χ2v) is 6.42. The second kappa shape index (κ2) is 6.36. The Balaban J connectivity index is 1.87. The molecule has 0 spiro atoms. The number of anilines is 2. The highest BCUT2D eigenvalue weighted by Gasteiger charge is 2.07. The van der Waals surface area contributed by atoms with Gasteiger partial charge < -0.3 is 9.80 Å². The molecular formula is C21H22N2O. The summed E-state index contributed by atoms with van der Waals surface area (Å²) in [4.78, 5) is 16.1. The van der Waals surface area contributed by atoms with Gasteiger partial charge in [-0.3, -0.25) is 4.79 Å². The topological polar surface area (TPSA) is 23.6 Å². The van der Waals surface area contributed by atoms with E-state index in [0.717, 1.165) is 32.9 Å². The van der Waals surface area contributed by atoms with E-state index in [9.17, 15) is 4.79 Å². The van der Waals surface area contributed by atoms with Gasteiger partial charge in [-0.05, 0) is 47.5 Å². The third-order valence-electron chi connectivity index (χ3n) is 4.16. The van der Waals surface area contributed by atoms with E-state index in [0.29, 0.717) is 0 Å². The summed E-state index contributed by atoms with van der Waals surface area (Å²) < 4.78 is 0. The highest BCUT2D eigenvalue weighted by molar-refractivity contribution is 5.61. The first-order chi connectivity index (χ1) is 11.5. The normalized spacial score (nSPS) is 12.8. The average Bonchev–Trinajstić information content (AvgIpc) is 3.16. The molecule has 0 aromatic heterocycles. The molecule has 0 heterocycles. The molecule has 122 valence electrons. The summed E-state index contributed by atoms with van der Waals surface area (Å²) in [6.07, 6.45) is 3.92. The molecule has 0 atom stereocenters. The van der Waals surface area contributed by atoms with Crippen molar-refractivity contribution in [1.29, 1.82) is 0 Å². The Morgan fingerprint density at radius 3 is 1.25 bits per heavy atom. The molecule has 0 fully saturated rings. The van der Waals surface area contributed by atoms with Crippen LogP contribution in [0.1, 0.15) is 11.1 Å². The number of hydrogen-bond acceptors (Lipinski definition) is 3. The van der Waals surface area contributed by atoms with Crippen LogP contribution in [0.15, 0.2) is 53.3 Å². The highest BCUT2D eigenvalue weighted by atomic mass is 16.1. The maximum Gasteiger partial charge on any atom is 0.194 e. The van der Waals surface area contributed by atoms with Crippen LogP contribution in [-0.4, -0.2) is 28.2 Å². The van der Waals surface area contributed by atoms with Crippen LogP contribution in [0.3, 0.4) is 0 Å². The zero-order valence-corrected chi connectivity index (χ0v) is 14.6.